The van der Waals surface area contributed by atoms with E-state index in [1.165, 1.54) is 7.11 Å². The molecule has 1 atom stereocenters. The highest BCUT2D eigenvalue weighted by Crippen LogP contribution is 2.31. The van der Waals surface area contributed by atoms with Gasteiger partial charge in [0, 0.05) is 29.4 Å². The van der Waals surface area contributed by atoms with E-state index in [1.54, 1.807) is 11.3 Å². The number of thiophene rings is 1. The van der Waals surface area contributed by atoms with Crippen LogP contribution in [0.5, 0.6) is 0 Å². The summed E-state index contributed by atoms with van der Waals surface area (Å²) >= 11 is 1.62. The van der Waals surface area contributed by atoms with Gasteiger partial charge in [-0.1, -0.05) is 12.1 Å². The number of carbonyl (C=O) groups is 1. The van der Waals surface area contributed by atoms with E-state index < -0.39 is 12.1 Å². The first-order valence-electron chi connectivity index (χ1n) is 8.97. The van der Waals surface area contributed by atoms with Gasteiger partial charge >= 0.3 is 5.97 Å². The second-order valence-electron chi connectivity index (χ2n) is 6.69. The molecule has 1 aliphatic heterocycles. The quantitative estimate of drug-likeness (QED) is 0.698. The number of anilines is 1. The first kappa shape index (κ1) is 17.9. The summed E-state index contributed by atoms with van der Waals surface area (Å²) in [6, 6.07) is 10.0. The number of hydrogen-bond acceptors (Lipinski definition) is 7. The third kappa shape index (κ3) is 3.52. The average molecular weight is 383 g/mol. The minimum atomic E-state index is -1.05. The molecule has 1 unspecified atom stereocenters. The molecule has 1 aromatic carbocycles. The van der Waals surface area contributed by atoms with Crippen LogP contribution in [0.1, 0.15) is 12.8 Å². The fourth-order valence-electron chi connectivity index (χ4n) is 3.56. The molecule has 0 spiro atoms. The third-order valence-corrected chi connectivity index (χ3v) is 5.77. The van der Waals surface area contributed by atoms with E-state index >= 15 is 0 Å². The Morgan fingerprint density at radius 2 is 2.04 bits per heavy atom. The number of esters is 1. The summed E-state index contributed by atoms with van der Waals surface area (Å²) in [4.78, 5) is 23.4. The number of ether oxygens (including phenoxy) is 1. The summed E-state index contributed by atoms with van der Waals surface area (Å²) < 4.78 is 4.67. The number of carbonyl (C=O) groups excluding carboxylic acids is 1. The van der Waals surface area contributed by atoms with Crippen molar-refractivity contribution in [2.24, 2.45) is 5.92 Å². The minimum Gasteiger partial charge on any atom is -0.467 e. The Hall–Kier alpha value is -2.51. The van der Waals surface area contributed by atoms with Crippen LogP contribution in [-0.2, 0) is 9.53 Å². The Labute approximate surface area is 161 Å². The zero-order chi connectivity index (χ0) is 18.8. The van der Waals surface area contributed by atoms with Gasteiger partial charge < -0.3 is 14.7 Å². The van der Waals surface area contributed by atoms with E-state index in [0.717, 1.165) is 41.2 Å². The molecule has 3 aromatic rings. The van der Waals surface area contributed by atoms with Crippen LogP contribution >= 0.6 is 11.3 Å². The second kappa shape index (κ2) is 7.62. The van der Waals surface area contributed by atoms with E-state index in [4.69, 9.17) is 9.97 Å². The number of hydrogen-bond donors (Lipinski definition) is 1. The molecule has 1 aliphatic rings. The second-order valence-corrected chi connectivity index (χ2v) is 7.47. The zero-order valence-electron chi connectivity index (χ0n) is 15.0. The van der Waals surface area contributed by atoms with Gasteiger partial charge in [0.2, 0.25) is 0 Å². The van der Waals surface area contributed by atoms with Crippen LogP contribution in [0.4, 0.5) is 5.82 Å². The minimum absolute atomic E-state index is 0.0851. The van der Waals surface area contributed by atoms with Crippen LogP contribution < -0.4 is 4.90 Å². The predicted molar refractivity (Wildman–Crippen MR) is 106 cm³/mol. The molecule has 6 nitrogen and oxygen atoms in total. The lowest BCUT2D eigenvalue weighted by Gasteiger charge is -2.34. The molecule has 0 saturated carbocycles. The van der Waals surface area contributed by atoms with Crippen molar-refractivity contribution in [1.29, 1.82) is 0 Å². The Balaban J connectivity index is 1.63. The first-order chi connectivity index (χ1) is 13.2. The van der Waals surface area contributed by atoms with Crippen LogP contribution in [0.3, 0.4) is 0 Å². The molecular weight excluding hydrogens is 362 g/mol. The molecule has 27 heavy (non-hydrogen) atoms. The van der Waals surface area contributed by atoms with E-state index in [1.807, 2.05) is 41.1 Å². The van der Waals surface area contributed by atoms with Gasteiger partial charge in [0.25, 0.3) is 0 Å². The van der Waals surface area contributed by atoms with Crippen LogP contribution in [0, 0.1) is 5.92 Å². The lowest BCUT2D eigenvalue weighted by atomic mass is 9.91. The topological polar surface area (TPSA) is 75.6 Å². The maximum Gasteiger partial charge on any atom is 0.334 e. The summed E-state index contributed by atoms with van der Waals surface area (Å²) in [6.07, 6.45) is 0.366. The van der Waals surface area contributed by atoms with Gasteiger partial charge in [-0.3, -0.25) is 0 Å². The number of aliphatic hydroxyl groups excluding tert-OH is 1. The maximum atomic E-state index is 11.6. The smallest absolute Gasteiger partial charge is 0.334 e. The molecule has 0 aliphatic carbocycles. The highest BCUT2D eigenvalue weighted by Gasteiger charge is 2.31. The predicted octanol–water partition coefficient (Wildman–Crippen LogP) is 3.11. The fraction of sp³-hybridized carbons (Fsp3) is 0.350. The first-order valence-corrected chi connectivity index (χ1v) is 9.92. The molecule has 7 heteroatoms. The third-order valence-electron chi connectivity index (χ3n) is 5.09. The molecule has 4 rings (SSSR count). The Bertz CT molecular complexity index is 937. The number of rotatable bonds is 4. The fourth-order valence-corrected chi connectivity index (χ4v) is 4.20. The number of methoxy groups -OCH3 is 1. The van der Waals surface area contributed by atoms with Crippen molar-refractivity contribution in [3.8, 4) is 11.4 Å². The largest absolute Gasteiger partial charge is 0.467 e. The average Bonchev–Trinajstić information content (AvgIpc) is 3.27. The Morgan fingerprint density at radius 1 is 1.26 bits per heavy atom. The van der Waals surface area contributed by atoms with Crippen molar-refractivity contribution in [1.82, 2.24) is 9.97 Å². The summed E-state index contributed by atoms with van der Waals surface area (Å²) in [5.74, 6) is 0.994. The van der Waals surface area contributed by atoms with E-state index in [9.17, 15) is 9.90 Å². The molecule has 0 radical (unpaired) electrons. The molecule has 1 saturated heterocycles. The van der Waals surface area contributed by atoms with Gasteiger partial charge in [-0.25, -0.2) is 14.8 Å². The van der Waals surface area contributed by atoms with Crippen molar-refractivity contribution < 1.29 is 14.6 Å². The number of aromatic nitrogens is 2. The van der Waals surface area contributed by atoms with Crippen molar-refractivity contribution in [3.63, 3.8) is 0 Å². The van der Waals surface area contributed by atoms with Crippen LogP contribution in [-0.4, -0.2) is 47.3 Å². The van der Waals surface area contributed by atoms with Crippen molar-refractivity contribution >= 4 is 34.0 Å². The maximum absolute atomic E-state index is 11.6. The monoisotopic (exact) mass is 383 g/mol. The molecule has 1 N–H and O–H groups in total. The zero-order valence-corrected chi connectivity index (χ0v) is 15.9. The Morgan fingerprint density at radius 3 is 2.74 bits per heavy atom. The number of para-hydroxylation sites is 1. The van der Waals surface area contributed by atoms with Crippen molar-refractivity contribution in [3.05, 3.63) is 41.1 Å². The molecule has 140 valence electrons. The van der Waals surface area contributed by atoms with Crippen LogP contribution in [0.25, 0.3) is 22.3 Å². The van der Waals surface area contributed by atoms with Gasteiger partial charge in [0.1, 0.15) is 5.82 Å². The van der Waals surface area contributed by atoms with Gasteiger partial charge in [0.05, 0.1) is 12.6 Å². The number of aliphatic hydroxyl groups is 1. The number of nitrogens with zero attached hydrogens (tertiary/aromatic N) is 3. The summed E-state index contributed by atoms with van der Waals surface area (Å²) in [6.45, 7) is 1.45. The van der Waals surface area contributed by atoms with Gasteiger partial charge in [0.15, 0.2) is 11.9 Å². The van der Waals surface area contributed by atoms with E-state index in [2.05, 4.69) is 9.64 Å². The molecule has 3 heterocycles. The van der Waals surface area contributed by atoms with Crippen molar-refractivity contribution in [2.75, 3.05) is 25.1 Å². The van der Waals surface area contributed by atoms with Crippen LogP contribution in [0.15, 0.2) is 41.1 Å². The van der Waals surface area contributed by atoms with Crippen molar-refractivity contribution in [2.45, 2.75) is 18.9 Å². The molecule has 2 aromatic heterocycles. The lowest BCUT2D eigenvalue weighted by Crippen LogP contribution is -2.41. The van der Waals surface area contributed by atoms with E-state index in [0.29, 0.717) is 12.8 Å². The lowest BCUT2D eigenvalue weighted by molar-refractivity contribution is -0.153. The molecule has 0 bridgehead atoms. The van der Waals surface area contributed by atoms with Gasteiger partial charge in [-0.2, -0.15) is 11.3 Å². The molecular formula is C20H21N3O3S. The van der Waals surface area contributed by atoms with Gasteiger partial charge in [-0.15, -0.1) is 0 Å². The number of benzene rings is 1. The van der Waals surface area contributed by atoms with Gasteiger partial charge in [-0.05, 0) is 42.3 Å². The van der Waals surface area contributed by atoms with E-state index in [-0.39, 0.29) is 5.92 Å². The SMILES string of the molecule is COC(=O)C(O)C1CCN(c2nc(-c3ccsc3)nc3ccccc23)CC1. The molecule has 1 fully saturated rings. The Kier molecular flexibility index (Phi) is 5.05. The number of fused-ring (bicyclic) bond motifs is 1. The molecule has 0 amide bonds. The summed E-state index contributed by atoms with van der Waals surface area (Å²) in [5.41, 5.74) is 1.93. The normalized spacial score (nSPS) is 16.4. The highest BCUT2D eigenvalue weighted by atomic mass is 32.1. The summed E-state index contributed by atoms with van der Waals surface area (Å²) in [5, 5.41) is 15.2. The highest BCUT2D eigenvalue weighted by molar-refractivity contribution is 7.08. The summed E-state index contributed by atoms with van der Waals surface area (Å²) in [7, 11) is 1.31. The standard InChI is InChI=1S/C20H21N3O3S/c1-26-20(25)17(24)13-6-9-23(10-7-13)19-15-4-2-3-5-16(15)21-18(22-19)14-8-11-27-12-14/h2-5,8,11-13,17,24H,6-7,9-10H2,1H3. The number of piperidine rings is 1. The van der Waals surface area contributed by atoms with Crippen LogP contribution in [0.2, 0.25) is 0 Å².